The van der Waals surface area contributed by atoms with Crippen LogP contribution in [0.1, 0.15) is 33.1 Å². The second-order valence-electron chi connectivity index (χ2n) is 6.22. The van der Waals surface area contributed by atoms with Crippen molar-refractivity contribution in [1.82, 2.24) is 15.1 Å². The lowest BCUT2D eigenvalue weighted by Gasteiger charge is -2.43. The van der Waals surface area contributed by atoms with E-state index in [4.69, 9.17) is 10.5 Å². The number of primary amides is 1. The number of urea groups is 1. The molecule has 0 aromatic rings. The molecular formula is C14H26N4O3. The van der Waals surface area contributed by atoms with Gasteiger partial charge in [0.25, 0.3) is 0 Å². The van der Waals surface area contributed by atoms with Gasteiger partial charge in [0.05, 0.1) is 12.3 Å². The van der Waals surface area contributed by atoms with Crippen LogP contribution >= 0.6 is 0 Å². The summed E-state index contributed by atoms with van der Waals surface area (Å²) in [5.74, 6) is -0.474. The predicted molar refractivity (Wildman–Crippen MR) is 78.5 cm³/mol. The van der Waals surface area contributed by atoms with Gasteiger partial charge in [-0.3, -0.25) is 10.1 Å². The summed E-state index contributed by atoms with van der Waals surface area (Å²) in [6.45, 7) is 6.29. The number of likely N-dealkylation sites (tertiary alicyclic amines) is 1. The van der Waals surface area contributed by atoms with Gasteiger partial charge in [0, 0.05) is 26.7 Å². The van der Waals surface area contributed by atoms with Gasteiger partial charge >= 0.3 is 6.03 Å². The Balaban J connectivity index is 1.99. The smallest absolute Gasteiger partial charge is 0.320 e. The van der Waals surface area contributed by atoms with E-state index in [9.17, 15) is 9.59 Å². The molecule has 1 spiro atoms. The number of hydrogen-bond donors (Lipinski definition) is 2. The van der Waals surface area contributed by atoms with Crippen molar-refractivity contribution < 1.29 is 14.3 Å². The van der Waals surface area contributed by atoms with Crippen molar-refractivity contribution in [2.75, 3.05) is 33.4 Å². The van der Waals surface area contributed by atoms with Gasteiger partial charge in [-0.15, -0.1) is 0 Å². The highest BCUT2D eigenvalue weighted by Gasteiger charge is 2.43. The van der Waals surface area contributed by atoms with Crippen LogP contribution in [-0.4, -0.2) is 66.3 Å². The summed E-state index contributed by atoms with van der Waals surface area (Å²) < 4.78 is 5.76. The second kappa shape index (κ2) is 5.81. The van der Waals surface area contributed by atoms with E-state index in [0.29, 0.717) is 26.2 Å². The van der Waals surface area contributed by atoms with Crippen LogP contribution in [0.15, 0.2) is 0 Å². The summed E-state index contributed by atoms with van der Waals surface area (Å²) in [5.41, 5.74) is 4.40. The zero-order chi connectivity index (χ0) is 15.7. The molecule has 21 heavy (non-hydrogen) atoms. The molecule has 0 bridgehead atoms. The first-order valence-electron chi connectivity index (χ1n) is 7.52. The summed E-state index contributed by atoms with van der Waals surface area (Å²) in [6, 6.07) is -0.140. The molecule has 2 aliphatic heterocycles. The van der Waals surface area contributed by atoms with Crippen molar-refractivity contribution in [2.24, 2.45) is 5.73 Å². The molecule has 3 amide bonds. The Labute approximate surface area is 125 Å². The zero-order valence-corrected chi connectivity index (χ0v) is 13.1. The van der Waals surface area contributed by atoms with Gasteiger partial charge < -0.3 is 20.3 Å². The van der Waals surface area contributed by atoms with Crippen LogP contribution in [0.5, 0.6) is 0 Å². The Hall–Kier alpha value is -1.34. The van der Waals surface area contributed by atoms with E-state index < -0.39 is 11.4 Å². The zero-order valence-electron chi connectivity index (χ0n) is 13.1. The maximum absolute atomic E-state index is 12.6. The molecule has 1 unspecified atom stereocenters. The number of nitrogens with one attached hydrogen (secondary N) is 1. The SMILES string of the molecule is CCC(C)(C(N)=O)N(C)C(=O)N1CCC2(CC1)CNCO2. The van der Waals surface area contributed by atoms with E-state index in [0.717, 1.165) is 19.4 Å². The number of nitrogens with two attached hydrogens (primary N) is 1. The minimum Gasteiger partial charge on any atom is -0.368 e. The number of carbonyl (C=O) groups is 2. The largest absolute Gasteiger partial charge is 0.368 e. The topological polar surface area (TPSA) is 87.9 Å². The van der Waals surface area contributed by atoms with E-state index in [-0.39, 0.29) is 11.6 Å². The third-order valence-corrected chi connectivity index (χ3v) is 5.12. The monoisotopic (exact) mass is 298 g/mol. The summed E-state index contributed by atoms with van der Waals surface area (Å²) in [7, 11) is 1.65. The molecule has 7 heteroatoms. The van der Waals surface area contributed by atoms with Crippen molar-refractivity contribution in [1.29, 1.82) is 0 Å². The molecule has 0 saturated carbocycles. The summed E-state index contributed by atoms with van der Waals surface area (Å²) in [6.07, 6.45) is 2.13. The fourth-order valence-corrected chi connectivity index (χ4v) is 2.96. The first kappa shape index (κ1) is 16.0. The third-order valence-electron chi connectivity index (χ3n) is 5.12. The minimum atomic E-state index is -0.947. The lowest BCUT2D eigenvalue weighted by Crippen LogP contribution is -2.60. The molecule has 3 N–H and O–H groups in total. The van der Waals surface area contributed by atoms with Crippen molar-refractivity contribution in [2.45, 2.75) is 44.2 Å². The second-order valence-corrected chi connectivity index (χ2v) is 6.22. The lowest BCUT2D eigenvalue weighted by atomic mass is 9.91. The van der Waals surface area contributed by atoms with E-state index in [2.05, 4.69) is 5.32 Å². The molecule has 120 valence electrons. The van der Waals surface area contributed by atoms with Gasteiger partial charge in [0.1, 0.15) is 5.54 Å². The molecule has 2 saturated heterocycles. The maximum Gasteiger partial charge on any atom is 0.320 e. The molecule has 2 rings (SSSR count). The van der Waals surface area contributed by atoms with Crippen LogP contribution in [0.25, 0.3) is 0 Å². The van der Waals surface area contributed by atoms with Crippen molar-refractivity contribution >= 4 is 11.9 Å². The number of rotatable bonds is 3. The molecule has 0 aromatic heterocycles. The highest BCUT2D eigenvalue weighted by molar-refractivity contribution is 5.89. The van der Waals surface area contributed by atoms with Crippen LogP contribution in [0.2, 0.25) is 0 Å². The molecule has 2 fully saturated rings. The molecule has 2 heterocycles. The normalized spacial score (nSPS) is 23.9. The Morgan fingerprint density at radius 3 is 2.48 bits per heavy atom. The van der Waals surface area contributed by atoms with E-state index in [1.807, 2.05) is 6.92 Å². The minimum absolute atomic E-state index is 0.118. The molecule has 0 radical (unpaired) electrons. The van der Waals surface area contributed by atoms with Gasteiger partial charge in [-0.2, -0.15) is 0 Å². The van der Waals surface area contributed by atoms with Gasteiger partial charge in [0.2, 0.25) is 5.91 Å². The molecule has 2 aliphatic rings. The van der Waals surface area contributed by atoms with Crippen molar-refractivity contribution in [3.05, 3.63) is 0 Å². The number of piperidine rings is 1. The van der Waals surface area contributed by atoms with Crippen LogP contribution in [0.4, 0.5) is 4.79 Å². The Bertz CT molecular complexity index is 412. The van der Waals surface area contributed by atoms with Gasteiger partial charge in [0.15, 0.2) is 0 Å². The lowest BCUT2D eigenvalue weighted by molar-refractivity contribution is -0.127. The molecular weight excluding hydrogens is 272 g/mol. The van der Waals surface area contributed by atoms with Crippen LogP contribution in [0.3, 0.4) is 0 Å². The molecule has 0 aromatic carbocycles. The van der Waals surface area contributed by atoms with Crippen LogP contribution in [0, 0.1) is 0 Å². The summed E-state index contributed by atoms with van der Waals surface area (Å²) in [4.78, 5) is 27.5. The highest BCUT2D eigenvalue weighted by Crippen LogP contribution is 2.29. The van der Waals surface area contributed by atoms with Crippen molar-refractivity contribution in [3.8, 4) is 0 Å². The Morgan fingerprint density at radius 1 is 1.43 bits per heavy atom. The Morgan fingerprint density at radius 2 is 2.05 bits per heavy atom. The molecule has 0 aliphatic carbocycles. The first-order chi connectivity index (χ1) is 9.84. The molecule has 7 nitrogen and oxygen atoms in total. The number of likely N-dealkylation sites (N-methyl/N-ethyl adjacent to an activating group) is 1. The van der Waals surface area contributed by atoms with Crippen LogP contribution < -0.4 is 11.1 Å². The van der Waals surface area contributed by atoms with E-state index >= 15 is 0 Å². The summed E-state index contributed by atoms with van der Waals surface area (Å²) >= 11 is 0. The standard InChI is InChI=1S/C14H26N4O3/c1-4-13(2,11(15)19)17(3)12(20)18-7-5-14(6-8-18)9-16-10-21-14/h16H,4-10H2,1-3H3,(H2,15,19). The van der Waals surface area contributed by atoms with Gasteiger partial charge in [-0.05, 0) is 26.2 Å². The quantitative estimate of drug-likeness (QED) is 0.774. The van der Waals surface area contributed by atoms with Crippen LogP contribution in [-0.2, 0) is 9.53 Å². The van der Waals surface area contributed by atoms with E-state index in [1.54, 1.807) is 18.9 Å². The van der Waals surface area contributed by atoms with Gasteiger partial charge in [-0.1, -0.05) is 6.92 Å². The summed E-state index contributed by atoms with van der Waals surface area (Å²) in [5, 5.41) is 3.20. The van der Waals surface area contributed by atoms with Crippen molar-refractivity contribution in [3.63, 3.8) is 0 Å². The maximum atomic E-state index is 12.6. The fourth-order valence-electron chi connectivity index (χ4n) is 2.96. The number of ether oxygens (including phenoxy) is 1. The highest BCUT2D eigenvalue weighted by atomic mass is 16.5. The number of nitrogens with zero attached hydrogens (tertiary/aromatic N) is 2. The third kappa shape index (κ3) is 2.85. The number of amides is 3. The Kier molecular flexibility index (Phi) is 4.43. The average Bonchev–Trinajstić information content (AvgIpc) is 2.93. The number of carbonyl (C=O) groups excluding carboxylic acids is 2. The molecule has 1 atom stereocenters. The van der Waals surface area contributed by atoms with E-state index in [1.165, 1.54) is 4.90 Å². The van der Waals surface area contributed by atoms with Gasteiger partial charge in [-0.25, -0.2) is 4.79 Å². The average molecular weight is 298 g/mol. The predicted octanol–water partition coefficient (Wildman–Crippen LogP) is 0.104. The first-order valence-corrected chi connectivity index (χ1v) is 7.52. The number of hydrogen-bond acceptors (Lipinski definition) is 4. The fraction of sp³-hybridized carbons (Fsp3) is 0.857.